The van der Waals surface area contributed by atoms with Gasteiger partial charge in [-0.1, -0.05) is 6.92 Å². The minimum absolute atomic E-state index is 0.320. The Balaban J connectivity index is 4.69. The molecule has 0 aliphatic rings. The molecule has 0 saturated carbocycles. The van der Waals surface area contributed by atoms with Crippen LogP contribution in [0.4, 0.5) is 0 Å². The lowest BCUT2D eigenvalue weighted by Gasteiger charge is -2.19. The summed E-state index contributed by atoms with van der Waals surface area (Å²) in [5.74, 6) is -1.61. The largest absolute Gasteiger partial charge is 0.479 e. The van der Waals surface area contributed by atoms with E-state index in [0.717, 1.165) is 6.42 Å². The highest BCUT2D eigenvalue weighted by Crippen LogP contribution is 2.17. The lowest BCUT2D eigenvalue weighted by Crippen LogP contribution is -2.34. The number of azo groups is 1. The van der Waals surface area contributed by atoms with Crippen molar-refractivity contribution in [2.45, 2.75) is 52.1 Å². The predicted octanol–water partition coefficient (Wildman–Crippen LogP) is 2.03. The van der Waals surface area contributed by atoms with E-state index in [9.17, 15) is 9.59 Å². The molecule has 6 nitrogen and oxygen atoms in total. The number of esters is 1. The Kier molecular flexibility index (Phi) is 5.25. The molecule has 0 unspecified atom stereocenters. The monoisotopic (exact) mass is 244 g/mol. The lowest BCUT2D eigenvalue weighted by atomic mass is 10.1. The molecule has 0 aromatic heterocycles. The van der Waals surface area contributed by atoms with Crippen molar-refractivity contribution in [1.82, 2.24) is 0 Å². The van der Waals surface area contributed by atoms with E-state index in [1.807, 2.05) is 6.92 Å². The summed E-state index contributed by atoms with van der Waals surface area (Å²) in [5, 5.41) is 16.3. The Morgan fingerprint density at radius 2 is 1.59 bits per heavy atom. The molecular weight excluding hydrogens is 224 g/mol. The molecule has 0 aromatic carbocycles. The van der Waals surface area contributed by atoms with Gasteiger partial charge in [0.25, 0.3) is 0 Å². The number of carbonyl (C=O) groups excluding carboxylic acids is 1. The smallest absolute Gasteiger partial charge is 0.335 e. The van der Waals surface area contributed by atoms with Crippen molar-refractivity contribution < 1.29 is 19.4 Å². The maximum atomic E-state index is 11.6. The molecule has 0 aliphatic heterocycles. The van der Waals surface area contributed by atoms with Gasteiger partial charge in [0, 0.05) is 0 Å². The van der Waals surface area contributed by atoms with Crippen LogP contribution in [0.3, 0.4) is 0 Å². The van der Waals surface area contributed by atoms with Crippen LogP contribution < -0.4 is 0 Å². The fraction of sp³-hybridized carbons (Fsp3) is 0.818. The average molecular weight is 244 g/mol. The molecule has 17 heavy (non-hydrogen) atoms. The third-order valence-electron chi connectivity index (χ3n) is 2.01. The van der Waals surface area contributed by atoms with E-state index >= 15 is 0 Å². The number of carboxylic acids is 1. The van der Waals surface area contributed by atoms with E-state index in [-0.39, 0.29) is 0 Å². The molecule has 1 N–H and O–H groups in total. The zero-order chi connectivity index (χ0) is 13.7. The molecule has 0 atom stereocenters. The molecule has 0 saturated heterocycles. The third-order valence-corrected chi connectivity index (χ3v) is 2.01. The molecule has 0 fully saturated rings. The van der Waals surface area contributed by atoms with E-state index < -0.39 is 23.0 Å². The van der Waals surface area contributed by atoms with Gasteiger partial charge in [0.2, 0.25) is 0 Å². The molecule has 0 spiro atoms. The molecular formula is C11H20N2O4. The first-order chi connectivity index (χ1) is 7.63. The first-order valence-electron chi connectivity index (χ1n) is 5.48. The van der Waals surface area contributed by atoms with Crippen LogP contribution in [0.1, 0.15) is 41.0 Å². The summed E-state index contributed by atoms with van der Waals surface area (Å²) in [6.07, 6.45) is 0.722. The second-order valence-corrected chi connectivity index (χ2v) is 4.76. The molecule has 0 heterocycles. The Bertz CT molecular complexity index is 321. The molecule has 0 rings (SSSR count). The van der Waals surface area contributed by atoms with Crippen LogP contribution in [-0.4, -0.2) is 34.7 Å². The van der Waals surface area contributed by atoms with Crippen molar-refractivity contribution in [2.75, 3.05) is 6.61 Å². The minimum Gasteiger partial charge on any atom is -0.479 e. The highest BCUT2D eigenvalue weighted by molar-refractivity contribution is 5.80. The normalized spacial score (nSPS) is 12.8. The van der Waals surface area contributed by atoms with Gasteiger partial charge in [0.15, 0.2) is 11.1 Å². The second kappa shape index (κ2) is 5.75. The van der Waals surface area contributed by atoms with Crippen LogP contribution >= 0.6 is 0 Å². The van der Waals surface area contributed by atoms with Gasteiger partial charge in [-0.3, -0.25) is 0 Å². The molecule has 0 bridgehead atoms. The molecule has 0 aliphatic carbocycles. The zero-order valence-corrected chi connectivity index (χ0v) is 11.0. The van der Waals surface area contributed by atoms with Gasteiger partial charge < -0.3 is 9.84 Å². The number of rotatable bonds is 6. The zero-order valence-electron chi connectivity index (χ0n) is 11.0. The summed E-state index contributed by atoms with van der Waals surface area (Å²) in [5.41, 5.74) is -2.51. The first-order valence-corrected chi connectivity index (χ1v) is 5.48. The summed E-state index contributed by atoms with van der Waals surface area (Å²) in [4.78, 5) is 22.4. The molecule has 0 radical (unpaired) electrons. The Morgan fingerprint density at radius 1 is 1.12 bits per heavy atom. The maximum absolute atomic E-state index is 11.6. The fourth-order valence-electron chi connectivity index (χ4n) is 0.705. The molecule has 6 heteroatoms. The maximum Gasteiger partial charge on any atom is 0.335 e. The second-order valence-electron chi connectivity index (χ2n) is 4.76. The van der Waals surface area contributed by atoms with E-state index in [0.29, 0.717) is 6.61 Å². The SMILES string of the molecule is CCCOC(=O)C(C)(C)N=NC(C)(C)C(=O)O. The van der Waals surface area contributed by atoms with Crippen LogP contribution in [0.25, 0.3) is 0 Å². The van der Waals surface area contributed by atoms with Gasteiger partial charge in [-0.05, 0) is 34.1 Å². The number of nitrogens with zero attached hydrogens (tertiary/aromatic N) is 2. The quantitative estimate of drug-likeness (QED) is 0.572. The highest BCUT2D eigenvalue weighted by atomic mass is 16.5. The van der Waals surface area contributed by atoms with Gasteiger partial charge >= 0.3 is 11.9 Å². The van der Waals surface area contributed by atoms with E-state index in [2.05, 4.69) is 10.2 Å². The number of aliphatic carboxylic acids is 1. The summed E-state index contributed by atoms with van der Waals surface area (Å²) in [6, 6.07) is 0. The van der Waals surface area contributed by atoms with E-state index in [1.165, 1.54) is 27.7 Å². The van der Waals surface area contributed by atoms with Crippen molar-refractivity contribution >= 4 is 11.9 Å². The predicted molar refractivity (Wildman–Crippen MR) is 61.9 cm³/mol. The van der Waals surface area contributed by atoms with Gasteiger partial charge in [0.05, 0.1) is 6.61 Å². The number of hydrogen-bond acceptors (Lipinski definition) is 5. The van der Waals surface area contributed by atoms with Crippen LogP contribution in [0.15, 0.2) is 10.2 Å². The number of carbonyl (C=O) groups is 2. The fourth-order valence-corrected chi connectivity index (χ4v) is 0.705. The lowest BCUT2D eigenvalue weighted by molar-refractivity contribution is -0.149. The van der Waals surface area contributed by atoms with Gasteiger partial charge in [-0.2, -0.15) is 10.2 Å². The molecule has 98 valence electrons. The van der Waals surface area contributed by atoms with Crippen LogP contribution in [0, 0.1) is 0 Å². The van der Waals surface area contributed by atoms with E-state index in [4.69, 9.17) is 9.84 Å². The molecule has 0 amide bonds. The van der Waals surface area contributed by atoms with Crippen molar-refractivity contribution in [3.05, 3.63) is 0 Å². The number of ether oxygens (including phenoxy) is 1. The molecule has 0 aromatic rings. The van der Waals surface area contributed by atoms with Crippen molar-refractivity contribution in [3.8, 4) is 0 Å². The summed E-state index contributed by atoms with van der Waals surface area (Å²) < 4.78 is 4.94. The minimum atomic E-state index is -1.34. The Hall–Kier alpha value is -1.46. The summed E-state index contributed by atoms with van der Waals surface area (Å²) in [6.45, 7) is 8.09. The summed E-state index contributed by atoms with van der Waals surface area (Å²) in [7, 11) is 0. The van der Waals surface area contributed by atoms with Crippen molar-refractivity contribution in [1.29, 1.82) is 0 Å². The number of hydrogen-bond donors (Lipinski definition) is 1. The number of carboxylic acid groups (broad SMARTS) is 1. The van der Waals surface area contributed by atoms with Crippen molar-refractivity contribution in [3.63, 3.8) is 0 Å². The van der Waals surface area contributed by atoms with Crippen LogP contribution in [-0.2, 0) is 14.3 Å². The Labute approximate surface area is 101 Å². The first kappa shape index (κ1) is 15.5. The van der Waals surface area contributed by atoms with Gasteiger partial charge in [-0.25, -0.2) is 9.59 Å². The topological polar surface area (TPSA) is 88.3 Å². The average Bonchev–Trinajstić information content (AvgIpc) is 2.23. The standard InChI is InChI=1S/C11H20N2O4/c1-6-7-17-9(16)11(4,5)13-12-10(2,3)8(14)15/h6-7H2,1-5H3,(H,14,15). The Morgan fingerprint density at radius 3 is 2.00 bits per heavy atom. The van der Waals surface area contributed by atoms with Crippen molar-refractivity contribution in [2.24, 2.45) is 10.2 Å². The van der Waals surface area contributed by atoms with E-state index in [1.54, 1.807) is 0 Å². The highest BCUT2D eigenvalue weighted by Gasteiger charge is 2.32. The van der Waals surface area contributed by atoms with Gasteiger partial charge in [0.1, 0.15) is 0 Å². The summed E-state index contributed by atoms with van der Waals surface area (Å²) >= 11 is 0. The third kappa shape index (κ3) is 4.93. The van der Waals surface area contributed by atoms with Crippen LogP contribution in [0.5, 0.6) is 0 Å². The van der Waals surface area contributed by atoms with Gasteiger partial charge in [-0.15, -0.1) is 0 Å². The van der Waals surface area contributed by atoms with Crippen LogP contribution in [0.2, 0.25) is 0 Å².